The van der Waals surface area contributed by atoms with Gasteiger partial charge in [0.1, 0.15) is 6.26 Å². The van der Waals surface area contributed by atoms with E-state index in [1.807, 2.05) is 28.6 Å². The molecule has 2 aromatic heterocycles. The molecule has 2 atom stereocenters. The summed E-state index contributed by atoms with van der Waals surface area (Å²) in [6, 6.07) is 5.90. The first-order chi connectivity index (χ1) is 14.5. The van der Waals surface area contributed by atoms with E-state index in [1.54, 1.807) is 6.26 Å². The zero-order valence-electron chi connectivity index (χ0n) is 17.8. The van der Waals surface area contributed by atoms with Crippen molar-refractivity contribution in [2.75, 3.05) is 26.7 Å². The van der Waals surface area contributed by atoms with Gasteiger partial charge < -0.3 is 19.3 Å². The van der Waals surface area contributed by atoms with E-state index in [0.29, 0.717) is 32.1 Å². The van der Waals surface area contributed by atoms with Gasteiger partial charge in [-0.15, -0.1) is 0 Å². The van der Waals surface area contributed by atoms with Crippen LogP contribution in [0.25, 0.3) is 0 Å². The Morgan fingerprint density at radius 1 is 1.27 bits per heavy atom. The van der Waals surface area contributed by atoms with Gasteiger partial charge in [-0.2, -0.15) is 0 Å². The van der Waals surface area contributed by atoms with Crippen LogP contribution in [0.1, 0.15) is 49.1 Å². The number of nitrogens with zero attached hydrogens (tertiary/aromatic N) is 4. The highest BCUT2D eigenvalue weighted by molar-refractivity contribution is 5.74. The maximum atomic E-state index is 13.2. The summed E-state index contributed by atoms with van der Waals surface area (Å²) < 4.78 is 6.83. The molecule has 4 rings (SSSR count). The summed E-state index contributed by atoms with van der Waals surface area (Å²) in [5.41, 5.74) is 2.79. The van der Waals surface area contributed by atoms with E-state index in [0.717, 1.165) is 49.3 Å². The zero-order valence-corrected chi connectivity index (χ0v) is 17.8. The van der Waals surface area contributed by atoms with E-state index in [9.17, 15) is 9.59 Å². The van der Waals surface area contributed by atoms with Crippen molar-refractivity contribution in [3.63, 3.8) is 0 Å². The van der Waals surface area contributed by atoms with Crippen molar-refractivity contribution in [1.82, 2.24) is 24.8 Å². The lowest BCUT2D eigenvalue weighted by Crippen LogP contribution is -2.52. The summed E-state index contributed by atoms with van der Waals surface area (Å²) in [5, 5.41) is 6.96. The average molecular weight is 414 g/mol. The minimum Gasteiger partial charge on any atom is -0.364 e. The predicted octanol–water partition coefficient (Wildman–Crippen LogP) is 2.40. The number of amides is 2. The third-order valence-corrected chi connectivity index (χ3v) is 6.14. The van der Waals surface area contributed by atoms with Gasteiger partial charge in [0.05, 0.1) is 5.69 Å². The molecule has 1 N–H and O–H groups in total. The van der Waals surface area contributed by atoms with Crippen LogP contribution < -0.4 is 10.9 Å². The van der Waals surface area contributed by atoms with Crippen LogP contribution in [0.2, 0.25) is 0 Å². The maximum absolute atomic E-state index is 13.2. The Labute approximate surface area is 176 Å². The molecule has 8 nitrogen and oxygen atoms in total. The zero-order chi connectivity index (χ0) is 21.1. The highest BCUT2D eigenvalue weighted by Gasteiger charge is 2.36. The second kappa shape index (κ2) is 9.04. The fourth-order valence-corrected chi connectivity index (χ4v) is 4.70. The number of pyridine rings is 1. The molecule has 2 amide bonds. The Morgan fingerprint density at radius 3 is 2.90 bits per heavy atom. The second-order valence-electron chi connectivity index (χ2n) is 8.65. The van der Waals surface area contributed by atoms with E-state index >= 15 is 0 Å². The molecule has 2 aliphatic heterocycles. The maximum Gasteiger partial charge on any atom is 0.317 e. The molecular formula is C22H31N5O3. The molecule has 2 aromatic rings. The predicted molar refractivity (Wildman–Crippen MR) is 113 cm³/mol. The molecule has 0 unspecified atom stereocenters. The summed E-state index contributed by atoms with van der Waals surface area (Å²) in [6.07, 6.45) is 4.67. The van der Waals surface area contributed by atoms with E-state index in [2.05, 4.69) is 28.4 Å². The van der Waals surface area contributed by atoms with Crippen LogP contribution in [0, 0.1) is 5.92 Å². The fraction of sp³-hybridized carbons (Fsp3) is 0.591. The topological polar surface area (TPSA) is 83.6 Å². The first kappa shape index (κ1) is 20.7. The Bertz CT molecular complexity index is 923. The number of piperidine rings is 1. The monoisotopic (exact) mass is 413 g/mol. The molecule has 2 aliphatic rings. The SMILES string of the molecule is CCCCNC(=O)N1C[C@@H]2C[C@H](C1)c1ccc(CN(C)Cc3ccon3)c(=O)n1C2. The van der Waals surface area contributed by atoms with Crippen LogP contribution in [0.5, 0.6) is 0 Å². The summed E-state index contributed by atoms with van der Waals surface area (Å²) in [7, 11) is 1.97. The normalized spacial score (nSPS) is 20.3. The summed E-state index contributed by atoms with van der Waals surface area (Å²) >= 11 is 0. The van der Waals surface area contributed by atoms with Crippen LogP contribution >= 0.6 is 0 Å². The molecule has 2 bridgehead atoms. The van der Waals surface area contributed by atoms with Gasteiger partial charge >= 0.3 is 6.03 Å². The Morgan fingerprint density at radius 2 is 2.13 bits per heavy atom. The van der Waals surface area contributed by atoms with E-state index in [4.69, 9.17) is 4.52 Å². The summed E-state index contributed by atoms with van der Waals surface area (Å²) in [5.74, 6) is 0.554. The van der Waals surface area contributed by atoms with Crippen molar-refractivity contribution >= 4 is 6.03 Å². The molecule has 0 spiro atoms. The van der Waals surface area contributed by atoms with Gasteiger partial charge in [0.15, 0.2) is 0 Å². The van der Waals surface area contributed by atoms with E-state index in [-0.39, 0.29) is 17.5 Å². The fourth-order valence-electron chi connectivity index (χ4n) is 4.70. The van der Waals surface area contributed by atoms with Gasteiger partial charge in [-0.3, -0.25) is 9.69 Å². The van der Waals surface area contributed by atoms with Crippen molar-refractivity contribution < 1.29 is 9.32 Å². The molecule has 4 heterocycles. The molecule has 1 saturated heterocycles. The number of fused-ring (bicyclic) bond motifs is 4. The number of carbonyl (C=O) groups excluding carboxylic acids is 1. The van der Waals surface area contributed by atoms with Crippen molar-refractivity contribution in [3.05, 3.63) is 51.8 Å². The lowest BCUT2D eigenvalue weighted by molar-refractivity contribution is 0.131. The molecule has 8 heteroatoms. The summed E-state index contributed by atoms with van der Waals surface area (Å²) in [4.78, 5) is 29.7. The first-order valence-electron chi connectivity index (χ1n) is 10.9. The third-order valence-electron chi connectivity index (χ3n) is 6.14. The highest BCUT2D eigenvalue weighted by Crippen LogP contribution is 2.35. The van der Waals surface area contributed by atoms with Crippen LogP contribution in [0.4, 0.5) is 4.79 Å². The first-order valence-corrected chi connectivity index (χ1v) is 10.9. The van der Waals surface area contributed by atoms with Crippen molar-refractivity contribution in [2.24, 2.45) is 5.92 Å². The smallest absolute Gasteiger partial charge is 0.317 e. The molecule has 0 aromatic carbocycles. The number of hydrogen-bond acceptors (Lipinski definition) is 5. The van der Waals surface area contributed by atoms with Gasteiger partial charge in [0, 0.05) is 62.5 Å². The number of carbonyl (C=O) groups is 1. The molecule has 0 saturated carbocycles. The Kier molecular flexibility index (Phi) is 6.22. The van der Waals surface area contributed by atoms with Crippen LogP contribution in [0.3, 0.4) is 0 Å². The largest absolute Gasteiger partial charge is 0.364 e. The molecule has 0 radical (unpaired) electrons. The third kappa shape index (κ3) is 4.43. The standard InChI is InChI=1S/C22H31N5O3/c1-3-4-8-23-22(29)26-11-16-10-18(14-26)20-6-5-17(21(28)27(20)12-16)13-25(2)15-19-7-9-30-24-19/h5-7,9,16,18H,3-4,8,10-15H2,1-2H3,(H,23,29)/t16-,18+/m0/s1. The minimum absolute atomic E-state index is 0.0278. The van der Waals surface area contributed by atoms with E-state index in [1.165, 1.54) is 0 Å². The Balaban J connectivity index is 1.45. The average Bonchev–Trinajstić information content (AvgIpc) is 3.23. The number of nitrogens with one attached hydrogen (secondary N) is 1. The van der Waals surface area contributed by atoms with Crippen LogP contribution in [-0.4, -0.2) is 52.2 Å². The quantitative estimate of drug-likeness (QED) is 0.705. The van der Waals surface area contributed by atoms with Gasteiger partial charge in [-0.25, -0.2) is 4.79 Å². The Hall–Kier alpha value is -2.61. The van der Waals surface area contributed by atoms with Gasteiger partial charge in [-0.1, -0.05) is 24.6 Å². The second-order valence-corrected chi connectivity index (χ2v) is 8.65. The molecular weight excluding hydrogens is 382 g/mol. The van der Waals surface area contributed by atoms with Crippen molar-refractivity contribution in [2.45, 2.75) is 51.7 Å². The highest BCUT2D eigenvalue weighted by atomic mass is 16.5. The summed E-state index contributed by atoms with van der Waals surface area (Å²) in [6.45, 7) is 6.12. The lowest BCUT2D eigenvalue weighted by Gasteiger charge is -2.42. The van der Waals surface area contributed by atoms with E-state index < -0.39 is 0 Å². The van der Waals surface area contributed by atoms with Gasteiger partial charge in [-0.05, 0) is 31.9 Å². The lowest BCUT2D eigenvalue weighted by atomic mass is 9.83. The molecule has 0 aliphatic carbocycles. The van der Waals surface area contributed by atoms with Crippen molar-refractivity contribution in [1.29, 1.82) is 0 Å². The van der Waals surface area contributed by atoms with Gasteiger partial charge in [0.25, 0.3) is 5.56 Å². The van der Waals surface area contributed by atoms with Crippen molar-refractivity contribution in [3.8, 4) is 0 Å². The number of rotatable bonds is 7. The molecule has 162 valence electrons. The molecule has 1 fully saturated rings. The number of unbranched alkanes of at least 4 members (excludes halogenated alkanes) is 1. The van der Waals surface area contributed by atoms with Crippen LogP contribution in [-0.2, 0) is 19.6 Å². The molecule has 30 heavy (non-hydrogen) atoms. The number of aromatic nitrogens is 2. The number of hydrogen-bond donors (Lipinski definition) is 1. The minimum atomic E-state index is 0.0278. The number of likely N-dealkylation sites (tertiary alicyclic amines) is 1. The number of urea groups is 1. The van der Waals surface area contributed by atoms with Crippen LogP contribution in [0.15, 0.2) is 33.8 Å². The van der Waals surface area contributed by atoms with Gasteiger partial charge in [0.2, 0.25) is 0 Å².